The first-order chi connectivity index (χ1) is 14.1. The molecule has 1 atom stereocenters. The minimum absolute atomic E-state index is 0.185. The van der Waals surface area contributed by atoms with Crippen molar-refractivity contribution >= 4 is 23.2 Å². The number of hydrogen-bond acceptors (Lipinski definition) is 7. The Labute approximate surface area is 171 Å². The number of fused-ring (bicyclic) bond motifs is 1. The van der Waals surface area contributed by atoms with Crippen molar-refractivity contribution in [3.63, 3.8) is 0 Å². The van der Waals surface area contributed by atoms with E-state index in [1.54, 1.807) is 17.5 Å². The molecule has 8 heteroatoms. The van der Waals surface area contributed by atoms with Crippen LogP contribution in [0.2, 0.25) is 0 Å². The Hall–Kier alpha value is -3.39. The Morgan fingerprint density at radius 3 is 2.79 bits per heavy atom. The second kappa shape index (κ2) is 8.32. The largest absolute Gasteiger partial charge is 0.454 e. The minimum atomic E-state index is -0.946. The number of hydrogen-bond donors (Lipinski definition) is 1. The van der Waals surface area contributed by atoms with Crippen molar-refractivity contribution in [3.05, 3.63) is 65.2 Å². The average molecular weight is 410 g/mol. The van der Waals surface area contributed by atoms with Gasteiger partial charge in [0.25, 0.3) is 5.91 Å². The molecule has 0 unspecified atom stereocenters. The van der Waals surface area contributed by atoms with E-state index in [9.17, 15) is 9.59 Å². The summed E-state index contributed by atoms with van der Waals surface area (Å²) in [4.78, 5) is 28.9. The Kier molecular flexibility index (Phi) is 5.44. The Morgan fingerprint density at radius 1 is 1.17 bits per heavy atom. The highest BCUT2D eigenvalue weighted by atomic mass is 32.1. The summed E-state index contributed by atoms with van der Waals surface area (Å²) in [6.07, 6.45) is -0.946. The number of esters is 1. The normalized spacial score (nSPS) is 13.0. The van der Waals surface area contributed by atoms with Crippen LogP contribution in [0.15, 0.2) is 53.9 Å². The molecule has 0 radical (unpaired) electrons. The predicted molar refractivity (Wildman–Crippen MR) is 107 cm³/mol. The standard InChI is InChI=1S/C21H18N2O5S/c1-13(19(24)22-10-14-7-8-17-18(9-14)27-12-26-17)28-21(25)16-11-29-20(23-16)15-5-3-2-4-6-15/h2-9,11,13H,10,12H2,1H3,(H,22,24)/t13-/m0/s1. The van der Waals surface area contributed by atoms with E-state index >= 15 is 0 Å². The smallest absolute Gasteiger partial charge is 0.358 e. The molecule has 7 nitrogen and oxygen atoms in total. The third kappa shape index (κ3) is 4.38. The quantitative estimate of drug-likeness (QED) is 0.627. The number of benzene rings is 2. The predicted octanol–water partition coefficient (Wildman–Crippen LogP) is 3.40. The topological polar surface area (TPSA) is 86.8 Å². The molecule has 29 heavy (non-hydrogen) atoms. The molecule has 1 aliphatic rings. The molecule has 1 aliphatic heterocycles. The van der Waals surface area contributed by atoms with Crippen LogP contribution in [0.5, 0.6) is 11.5 Å². The molecule has 0 spiro atoms. The van der Waals surface area contributed by atoms with Crippen LogP contribution in [0.3, 0.4) is 0 Å². The van der Waals surface area contributed by atoms with Gasteiger partial charge < -0.3 is 19.5 Å². The highest BCUT2D eigenvalue weighted by Gasteiger charge is 2.21. The Morgan fingerprint density at radius 2 is 1.97 bits per heavy atom. The lowest BCUT2D eigenvalue weighted by molar-refractivity contribution is -0.129. The number of carbonyl (C=O) groups is 2. The number of carbonyl (C=O) groups excluding carboxylic acids is 2. The number of amides is 1. The second-order valence-electron chi connectivity index (χ2n) is 6.36. The molecule has 4 rings (SSSR count). The highest BCUT2D eigenvalue weighted by Crippen LogP contribution is 2.32. The zero-order chi connectivity index (χ0) is 20.2. The number of ether oxygens (including phenoxy) is 3. The van der Waals surface area contributed by atoms with Crippen LogP contribution in [-0.4, -0.2) is 29.8 Å². The summed E-state index contributed by atoms with van der Waals surface area (Å²) in [5.41, 5.74) is 1.96. The van der Waals surface area contributed by atoms with Crippen LogP contribution < -0.4 is 14.8 Å². The summed E-state index contributed by atoms with van der Waals surface area (Å²) in [7, 11) is 0. The van der Waals surface area contributed by atoms with Gasteiger partial charge in [0.1, 0.15) is 5.01 Å². The van der Waals surface area contributed by atoms with Crippen LogP contribution >= 0.6 is 11.3 Å². The molecule has 0 saturated carbocycles. The van der Waals surface area contributed by atoms with E-state index in [4.69, 9.17) is 14.2 Å². The fourth-order valence-corrected chi connectivity index (χ4v) is 3.53. The molecule has 1 aromatic heterocycles. The molecule has 3 aromatic rings. The van der Waals surface area contributed by atoms with Crippen molar-refractivity contribution in [2.24, 2.45) is 0 Å². The monoisotopic (exact) mass is 410 g/mol. The number of thiazole rings is 1. The van der Waals surface area contributed by atoms with Crippen molar-refractivity contribution < 1.29 is 23.8 Å². The first-order valence-corrected chi connectivity index (χ1v) is 9.86. The van der Waals surface area contributed by atoms with Crippen molar-refractivity contribution in [1.29, 1.82) is 0 Å². The maximum Gasteiger partial charge on any atom is 0.358 e. The number of rotatable bonds is 6. The van der Waals surface area contributed by atoms with Crippen molar-refractivity contribution in [2.45, 2.75) is 19.6 Å². The third-order valence-corrected chi connectivity index (χ3v) is 5.18. The van der Waals surface area contributed by atoms with Gasteiger partial charge in [0.2, 0.25) is 6.79 Å². The van der Waals surface area contributed by atoms with Gasteiger partial charge in [0.05, 0.1) is 0 Å². The van der Waals surface area contributed by atoms with Crippen LogP contribution in [-0.2, 0) is 16.1 Å². The van der Waals surface area contributed by atoms with Gasteiger partial charge in [-0.05, 0) is 24.6 Å². The molecular formula is C21H18N2O5S. The number of nitrogens with zero attached hydrogens (tertiary/aromatic N) is 1. The fourth-order valence-electron chi connectivity index (χ4n) is 2.74. The van der Waals surface area contributed by atoms with Gasteiger partial charge in [-0.15, -0.1) is 11.3 Å². The summed E-state index contributed by atoms with van der Waals surface area (Å²) in [5.74, 6) is 0.304. The SMILES string of the molecule is C[C@H](OC(=O)c1csc(-c2ccccc2)n1)C(=O)NCc1ccc2c(c1)OCO2. The van der Waals surface area contributed by atoms with Gasteiger partial charge in [-0.1, -0.05) is 36.4 Å². The molecule has 0 aliphatic carbocycles. The molecule has 0 bridgehead atoms. The van der Waals surface area contributed by atoms with Gasteiger partial charge >= 0.3 is 5.97 Å². The van der Waals surface area contributed by atoms with E-state index in [0.717, 1.165) is 16.1 Å². The van der Waals surface area contributed by atoms with Crippen LogP contribution in [0, 0.1) is 0 Å². The summed E-state index contributed by atoms with van der Waals surface area (Å²) < 4.78 is 15.8. The second-order valence-corrected chi connectivity index (χ2v) is 7.21. The third-order valence-electron chi connectivity index (χ3n) is 4.29. The van der Waals surface area contributed by atoms with E-state index in [2.05, 4.69) is 10.3 Å². The lowest BCUT2D eigenvalue weighted by Gasteiger charge is -2.13. The van der Waals surface area contributed by atoms with Gasteiger partial charge in [-0.2, -0.15) is 0 Å². The maximum absolute atomic E-state index is 12.3. The molecule has 1 amide bonds. The van der Waals surface area contributed by atoms with E-state index < -0.39 is 18.0 Å². The van der Waals surface area contributed by atoms with Gasteiger partial charge in [0.15, 0.2) is 23.3 Å². The molecule has 2 heterocycles. The summed E-state index contributed by atoms with van der Waals surface area (Å²) in [6, 6.07) is 15.0. The minimum Gasteiger partial charge on any atom is -0.454 e. The zero-order valence-corrected chi connectivity index (χ0v) is 16.4. The molecule has 2 aromatic carbocycles. The van der Waals surface area contributed by atoms with Crippen molar-refractivity contribution in [1.82, 2.24) is 10.3 Å². The molecular weight excluding hydrogens is 392 g/mol. The Bertz CT molecular complexity index is 1030. The van der Waals surface area contributed by atoms with Crippen LogP contribution in [0.25, 0.3) is 10.6 Å². The number of aromatic nitrogens is 1. The van der Waals surface area contributed by atoms with Crippen LogP contribution in [0.1, 0.15) is 23.0 Å². The summed E-state index contributed by atoms with van der Waals surface area (Å²) >= 11 is 1.35. The molecule has 1 N–H and O–H groups in total. The number of nitrogens with one attached hydrogen (secondary N) is 1. The summed E-state index contributed by atoms with van der Waals surface area (Å²) in [5, 5.41) is 5.09. The van der Waals surface area contributed by atoms with Crippen molar-refractivity contribution in [3.8, 4) is 22.1 Å². The van der Waals surface area contributed by atoms with Gasteiger partial charge in [-0.25, -0.2) is 9.78 Å². The fraction of sp³-hybridized carbons (Fsp3) is 0.190. The average Bonchev–Trinajstić information content (AvgIpc) is 3.41. The van der Waals surface area contributed by atoms with Crippen LogP contribution in [0.4, 0.5) is 0 Å². The lowest BCUT2D eigenvalue weighted by atomic mass is 10.2. The van der Waals surface area contributed by atoms with Gasteiger partial charge in [-0.3, -0.25) is 4.79 Å². The first-order valence-electron chi connectivity index (χ1n) is 8.98. The lowest BCUT2D eigenvalue weighted by Crippen LogP contribution is -2.35. The van der Waals surface area contributed by atoms with Gasteiger partial charge in [0, 0.05) is 17.5 Å². The van der Waals surface area contributed by atoms with E-state index in [1.165, 1.54) is 18.3 Å². The molecule has 0 saturated heterocycles. The zero-order valence-electron chi connectivity index (χ0n) is 15.6. The Balaban J connectivity index is 1.31. The van der Waals surface area contributed by atoms with Crippen molar-refractivity contribution in [2.75, 3.05) is 6.79 Å². The van der Waals surface area contributed by atoms with E-state index in [1.807, 2.05) is 36.4 Å². The molecule has 148 valence electrons. The van der Waals surface area contributed by atoms with E-state index in [0.29, 0.717) is 11.5 Å². The highest BCUT2D eigenvalue weighted by molar-refractivity contribution is 7.13. The van der Waals surface area contributed by atoms with E-state index in [-0.39, 0.29) is 19.0 Å². The molecule has 0 fully saturated rings. The summed E-state index contributed by atoms with van der Waals surface area (Å²) in [6.45, 7) is 2.00. The maximum atomic E-state index is 12.3. The first kappa shape index (κ1) is 18.9.